The van der Waals surface area contributed by atoms with Crippen LogP contribution in [0.1, 0.15) is 24.8 Å². The summed E-state index contributed by atoms with van der Waals surface area (Å²) in [5.41, 5.74) is 2.38. The van der Waals surface area contributed by atoms with Gasteiger partial charge in [-0.05, 0) is 37.1 Å². The SMILES string of the molecule is C=C(C)COc1ccccc1C1CCNC1. The van der Waals surface area contributed by atoms with Crippen molar-refractivity contribution in [2.24, 2.45) is 0 Å². The molecule has 1 aromatic rings. The van der Waals surface area contributed by atoms with E-state index in [1.807, 2.05) is 13.0 Å². The molecule has 0 spiro atoms. The summed E-state index contributed by atoms with van der Waals surface area (Å²) in [5.74, 6) is 1.61. The van der Waals surface area contributed by atoms with E-state index >= 15 is 0 Å². The average Bonchev–Trinajstić information content (AvgIpc) is 2.80. The highest BCUT2D eigenvalue weighted by Gasteiger charge is 2.19. The van der Waals surface area contributed by atoms with Crippen LogP contribution in [0.2, 0.25) is 0 Å². The first kappa shape index (κ1) is 11.2. The fraction of sp³-hybridized carbons (Fsp3) is 0.429. The summed E-state index contributed by atoms with van der Waals surface area (Å²) in [7, 11) is 0. The molecule has 1 aliphatic heterocycles. The molecule has 1 fully saturated rings. The van der Waals surface area contributed by atoms with Crippen molar-refractivity contribution in [3.8, 4) is 5.75 Å². The van der Waals surface area contributed by atoms with Crippen LogP contribution in [0.4, 0.5) is 0 Å². The van der Waals surface area contributed by atoms with Gasteiger partial charge in [-0.25, -0.2) is 0 Å². The smallest absolute Gasteiger partial charge is 0.123 e. The quantitative estimate of drug-likeness (QED) is 0.783. The van der Waals surface area contributed by atoms with Gasteiger partial charge in [0.15, 0.2) is 0 Å². The highest BCUT2D eigenvalue weighted by Crippen LogP contribution is 2.30. The van der Waals surface area contributed by atoms with E-state index in [-0.39, 0.29) is 0 Å². The molecule has 16 heavy (non-hydrogen) atoms. The number of benzene rings is 1. The molecule has 1 heterocycles. The van der Waals surface area contributed by atoms with E-state index < -0.39 is 0 Å². The van der Waals surface area contributed by atoms with Crippen LogP contribution in [0.25, 0.3) is 0 Å². The lowest BCUT2D eigenvalue weighted by Crippen LogP contribution is -2.09. The first-order valence-electron chi connectivity index (χ1n) is 5.84. The third-order valence-electron chi connectivity index (χ3n) is 2.89. The van der Waals surface area contributed by atoms with Gasteiger partial charge in [0, 0.05) is 12.5 Å². The van der Waals surface area contributed by atoms with Crippen LogP contribution >= 0.6 is 0 Å². The van der Waals surface area contributed by atoms with Gasteiger partial charge in [-0.2, -0.15) is 0 Å². The Morgan fingerprint density at radius 2 is 2.31 bits per heavy atom. The maximum Gasteiger partial charge on any atom is 0.123 e. The van der Waals surface area contributed by atoms with Crippen molar-refractivity contribution in [3.05, 3.63) is 42.0 Å². The zero-order valence-electron chi connectivity index (χ0n) is 9.83. The predicted octanol–water partition coefficient (Wildman–Crippen LogP) is 2.72. The Balaban J connectivity index is 2.13. The first-order chi connectivity index (χ1) is 7.77. The molecule has 1 aliphatic rings. The first-order valence-corrected chi connectivity index (χ1v) is 5.84. The number of para-hydroxylation sites is 1. The van der Waals surface area contributed by atoms with Crippen molar-refractivity contribution < 1.29 is 4.74 Å². The fourth-order valence-corrected chi connectivity index (χ4v) is 2.07. The summed E-state index contributed by atoms with van der Waals surface area (Å²) in [4.78, 5) is 0. The third kappa shape index (κ3) is 2.64. The second-order valence-electron chi connectivity index (χ2n) is 4.47. The van der Waals surface area contributed by atoms with E-state index in [1.54, 1.807) is 0 Å². The fourth-order valence-electron chi connectivity index (χ4n) is 2.07. The van der Waals surface area contributed by atoms with Crippen LogP contribution < -0.4 is 10.1 Å². The van der Waals surface area contributed by atoms with Crippen LogP contribution in [-0.2, 0) is 0 Å². The molecule has 1 N–H and O–H groups in total. The highest BCUT2D eigenvalue weighted by molar-refractivity contribution is 5.37. The van der Waals surface area contributed by atoms with E-state index in [2.05, 4.69) is 30.1 Å². The molecule has 86 valence electrons. The van der Waals surface area contributed by atoms with E-state index in [0.717, 1.165) is 24.4 Å². The second-order valence-corrected chi connectivity index (χ2v) is 4.47. The lowest BCUT2D eigenvalue weighted by molar-refractivity contribution is 0.346. The van der Waals surface area contributed by atoms with Crippen molar-refractivity contribution in [2.45, 2.75) is 19.3 Å². The minimum Gasteiger partial charge on any atom is -0.489 e. The lowest BCUT2D eigenvalue weighted by atomic mass is 9.97. The summed E-state index contributed by atoms with van der Waals surface area (Å²) >= 11 is 0. The third-order valence-corrected chi connectivity index (χ3v) is 2.89. The van der Waals surface area contributed by atoms with E-state index in [9.17, 15) is 0 Å². The molecule has 0 aromatic heterocycles. The van der Waals surface area contributed by atoms with Crippen molar-refractivity contribution in [2.75, 3.05) is 19.7 Å². The molecule has 2 nitrogen and oxygen atoms in total. The molecule has 1 atom stereocenters. The minimum absolute atomic E-state index is 0.598. The summed E-state index contributed by atoms with van der Waals surface area (Å²) in [6.07, 6.45) is 1.20. The molecule has 0 aliphatic carbocycles. The average molecular weight is 217 g/mol. The normalized spacial score (nSPS) is 19.7. The summed E-state index contributed by atoms with van der Waals surface area (Å²) in [6.45, 7) is 8.63. The Bertz CT molecular complexity index is 367. The summed E-state index contributed by atoms with van der Waals surface area (Å²) < 4.78 is 5.78. The van der Waals surface area contributed by atoms with Crippen LogP contribution in [-0.4, -0.2) is 19.7 Å². The van der Waals surface area contributed by atoms with Crippen molar-refractivity contribution >= 4 is 0 Å². The van der Waals surface area contributed by atoms with Gasteiger partial charge in [0.25, 0.3) is 0 Å². The topological polar surface area (TPSA) is 21.3 Å². The molecular formula is C14H19NO. The number of hydrogen-bond acceptors (Lipinski definition) is 2. The van der Waals surface area contributed by atoms with Crippen LogP contribution in [0.5, 0.6) is 5.75 Å². The molecule has 2 heteroatoms. The molecule has 0 radical (unpaired) electrons. The van der Waals surface area contributed by atoms with Gasteiger partial charge in [0.1, 0.15) is 12.4 Å². The van der Waals surface area contributed by atoms with E-state index in [1.165, 1.54) is 12.0 Å². The number of ether oxygens (including phenoxy) is 1. The summed E-state index contributed by atoms with van der Waals surface area (Å²) in [6, 6.07) is 8.34. The van der Waals surface area contributed by atoms with Crippen LogP contribution in [0.15, 0.2) is 36.4 Å². The second kappa shape index (κ2) is 5.17. The minimum atomic E-state index is 0.598. The zero-order valence-corrected chi connectivity index (χ0v) is 9.83. The molecule has 0 bridgehead atoms. The van der Waals surface area contributed by atoms with Gasteiger partial charge >= 0.3 is 0 Å². The molecule has 1 aromatic carbocycles. The maximum atomic E-state index is 5.78. The van der Waals surface area contributed by atoms with Crippen LogP contribution in [0, 0.1) is 0 Å². The molecule has 1 unspecified atom stereocenters. The van der Waals surface area contributed by atoms with Gasteiger partial charge in [-0.3, -0.25) is 0 Å². The Morgan fingerprint density at radius 3 is 3.00 bits per heavy atom. The lowest BCUT2D eigenvalue weighted by Gasteiger charge is -2.15. The predicted molar refractivity (Wildman–Crippen MR) is 67.0 cm³/mol. The van der Waals surface area contributed by atoms with Gasteiger partial charge in [-0.1, -0.05) is 24.8 Å². The largest absolute Gasteiger partial charge is 0.489 e. The number of hydrogen-bond donors (Lipinski definition) is 1. The van der Waals surface area contributed by atoms with Crippen molar-refractivity contribution in [1.82, 2.24) is 5.32 Å². The maximum absolute atomic E-state index is 5.78. The van der Waals surface area contributed by atoms with Gasteiger partial charge in [0.2, 0.25) is 0 Å². The Kier molecular flexibility index (Phi) is 3.62. The van der Waals surface area contributed by atoms with Crippen molar-refractivity contribution in [1.29, 1.82) is 0 Å². The Morgan fingerprint density at radius 1 is 1.50 bits per heavy atom. The molecule has 0 amide bonds. The summed E-state index contributed by atoms with van der Waals surface area (Å²) in [5, 5.41) is 3.39. The molecule has 0 saturated carbocycles. The molecule has 1 saturated heterocycles. The van der Waals surface area contributed by atoms with E-state index in [0.29, 0.717) is 12.5 Å². The Hall–Kier alpha value is -1.28. The van der Waals surface area contributed by atoms with E-state index in [4.69, 9.17) is 4.74 Å². The van der Waals surface area contributed by atoms with Gasteiger partial charge in [0.05, 0.1) is 0 Å². The standard InChI is InChI=1S/C14H19NO/c1-11(2)10-16-14-6-4-3-5-13(14)12-7-8-15-9-12/h3-6,12,15H,1,7-10H2,2H3. The molecular weight excluding hydrogens is 198 g/mol. The van der Waals surface area contributed by atoms with Crippen molar-refractivity contribution in [3.63, 3.8) is 0 Å². The zero-order chi connectivity index (χ0) is 11.4. The van der Waals surface area contributed by atoms with Crippen LogP contribution in [0.3, 0.4) is 0 Å². The molecule has 2 rings (SSSR count). The Labute approximate surface area is 97.3 Å². The monoisotopic (exact) mass is 217 g/mol. The number of rotatable bonds is 4. The van der Waals surface area contributed by atoms with Gasteiger partial charge < -0.3 is 10.1 Å². The number of nitrogens with one attached hydrogen (secondary N) is 1. The van der Waals surface area contributed by atoms with Gasteiger partial charge in [-0.15, -0.1) is 0 Å². The highest BCUT2D eigenvalue weighted by atomic mass is 16.5.